The van der Waals surface area contributed by atoms with E-state index in [1.54, 1.807) is 0 Å². The fourth-order valence-electron chi connectivity index (χ4n) is 8.94. The van der Waals surface area contributed by atoms with Crippen LogP contribution in [0.4, 0.5) is 0 Å². The van der Waals surface area contributed by atoms with Crippen molar-refractivity contribution < 1.29 is 28.6 Å². The van der Waals surface area contributed by atoms with Gasteiger partial charge in [-0.25, -0.2) is 0 Å². The van der Waals surface area contributed by atoms with Gasteiger partial charge in [-0.05, 0) is 64.2 Å². The van der Waals surface area contributed by atoms with Crippen molar-refractivity contribution >= 4 is 17.9 Å². The average Bonchev–Trinajstić information content (AvgIpc) is 3.37. The van der Waals surface area contributed by atoms with Gasteiger partial charge in [0.25, 0.3) is 0 Å². The first-order chi connectivity index (χ1) is 35.0. The Kier molecular flexibility index (Phi) is 57.2. The maximum absolute atomic E-state index is 12.9. The van der Waals surface area contributed by atoms with Crippen molar-refractivity contribution in [2.24, 2.45) is 0 Å². The number of carbonyl (C=O) groups is 3. The minimum atomic E-state index is -0.785. The average molecular weight is 994 g/mol. The molecule has 0 aliphatic heterocycles. The molecule has 0 aliphatic carbocycles. The van der Waals surface area contributed by atoms with Crippen molar-refractivity contribution in [3.8, 4) is 0 Å². The second-order valence-corrected chi connectivity index (χ2v) is 20.6. The Morgan fingerprint density at radius 3 is 0.859 bits per heavy atom. The molecule has 1 atom stereocenters. The molecule has 71 heavy (non-hydrogen) atoms. The highest BCUT2D eigenvalue weighted by Crippen LogP contribution is 2.17. The lowest BCUT2D eigenvalue weighted by Gasteiger charge is -2.18. The van der Waals surface area contributed by atoms with Crippen LogP contribution in [0, 0.1) is 0 Å². The first kappa shape index (κ1) is 68.1. The molecule has 0 N–H and O–H groups in total. The van der Waals surface area contributed by atoms with E-state index in [9.17, 15) is 14.4 Å². The third-order valence-corrected chi connectivity index (χ3v) is 13.5. The molecule has 0 fully saturated rings. The minimum Gasteiger partial charge on any atom is -0.462 e. The third kappa shape index (κ3) is 57.9. The van der Waals surface area contributed by atoms with E-state index in [4.69, 9.17) is 14.2 Å². The highest BCUT2D eigenvalue weighted by atomic mass is 16.6. The predicted octanol–water partition coefficient (Wildman–Crippen LogP) is 20.8. The molecule has 0 aromatic heterocycles. The van der Waals surface area contributed by atoms with E-state index in [0.29, 0.717) is 19.3 Å². The summed E-state index contributed by atoms with van der Waals surface area (Å²) in [5.41, 5.74) is 0. The quantitative estimate of drug-likeness (QED) is 0.0261. The summed E-state index contributed by atoms with van der Waals surface area (Å²) in [6.45, 7) is 6.55. The first-order valence-corrected chi connectivity index (χ1v) is 30.8. The van der Waals surface area contributed by atoms with Gasteiger partial charge in [0.2, 0.25) is 0 Å². The Labute approximate surface area is 440 Å². The van der Waals surface area contributed by atoms with Gasteiger partial charge in [-0.2, -0.15) is 0 Å². The minimum absolute atomic E-state index is 0.0803. The van der Waals surface area contributed by atoms with Gasteiger partial charge in [0.1, 0.15) is 13.2 Å². The topological polar surface area (TPSA) is 78.9 Å². The predicted molar refractivity (Wildman–Crippen MR) is 307 cm³/mol. The van der Waals surface area contributed by atoms with Gasteiger partial charge in [-0.3, -0.25) is 14.4 Å². The van der Waals surface area contributed by atoms with Crippen LogP contribution in [0.1, 0.15) is 316 Å². The van der Waals surface area contributed by atoms with Crippen LogP contribution >= 0.6 is 0 Å². The number of hydrogen-bond donors (Lipinski definition) is 0. The molecule has 0 bridgehead atoms. The van der Waals surface area contributed by atoms with Gasteiger partial charge in [0.15, 0.2) is 6.10 Å². The maximum Gasteiger partial charge on any atom is 0.306 e. The molecule has 0 aromatic carbocycles. The summed E-state index contributed by atoms with van der Waals surface area (Å²) >= 11 is 0. The summed E-state index contributed by atoms with van der Waals surface area (Å²) < 4.78 is 16.9. The number of carbonyl (C=O) groups excluding carboxylic acids is 3. The molecular formula is C65H116O6. The summed E-state index contributed by atoms with van der Waals surface area (Å²) in [7, 11) is 0. The number of hydrogen-bond acceptors (Lipinski definition) is 6. The normalized spacial score (nSPS) is 12.4. The zero-order valence-corrected chi connectivity index (χ0v) is 47.2. The van der Waals surface area contributed by atoms with Crippen molar-refractivity contribution in [1.82, 2.24) is 0 Å². The largest absolute Gasteiger partial charge is 0.462 e. The van der Waals surface area contributed by atoms with Gasteiger partial charge < -0.3 is 14.2 Å². The van der Waals surface area contributed by atoms with Crippen molar-refractivity contribution in [3.05, 3.63) is 60.8 Å². The van der Waals surface area contributed by atoms with Gasteiger partial charge in [0, 0.05) is 19.3 Å². The SMILES string of the molecule is CC/C=C\C/C=C\C/C=C\C/C=C\C/C=C\CCCCCC(=O)OCC(COC(=O)CCCCCCCCCCCCCCCCCCC)OC(=O)CCCCCCCCCCCCCCCCCCC. The molecule has 0 radical (unpaired) electrons. The molecule has 0 aliphatic rings. The van der Waals surface area contributed by atoms with Crippen molar-refractivity contribution in [3.63, 3.8) is 0 Å². The van der Waals surface area contributed by atoms with E-state index in [-0.39, 0.29) is 31.1 Å². The first-order valence-electron chi connectivity index (χ1n) is 30.8. The van der Waals surface area contributed by atoms with Crippen molar-refractivity contribution in [2.45, 2.75) is 322 Å². The Bertz CT molecular complexity index is 1280. The summed E-state index contributed by atoms with van der Waals surface area (Å²) in [5, 5.41) is 0. The third-order valence-electron chi connectivity index (χ3n) is 13.5. The fourth-order valence-corrected chi connectivity index (χ4v) is 8.94. The zero-order valence-electron chi connectivity index (χ0n) is 47.2. The van der Waals surface area contributed by atoms with Gasteiger partial charge in [-0.1, -0.05) is 293 Å². The Morgan fingerprint density at radius 1 is 0.296 bits per heavy atom. The maximum atomic E-state index is 12.9. The van der Waals surface area contributed by atoms with Crippen LogP contribution in [0.3, 0.4) is 0 Å². The highest BCUT2D eigenvalue weighted by Gasteiger charge is 2.19. The Hall–Kier alpha value is -2.89. The highest BCUT2D eigenvalue weighted by molar-refractivity contribution is 5.71. The van der Waals surface area contributed by atoms with Crippen LogP contribution in [0.15, 0.2) is 60.8 Å². The monoisotopic (exact) mass is 993 g/mol. The number of ether oxygens (including phenoxy) is 3. The van der Waals surface area contributed by atoms with Crippen LogP contribution in [-0.4, -0.2) is 37.2 Å². The molecule has 0 saturated heterocycles. The number of esters is 3. The summed E-state index contributed by atoms with van der Waals surface area (Å²) in [6.07, 6.45) is 75.0. The standard InChI is InChI=1S/C65H116O6/c1-4-7-10-13-16-19-22-25-28-31-32-35-37-40-43-46-49-52-55-58-64(67)70-61-62(71-65(68)59-56-53-50-47-44-41-38-34-30-27-24-21-18-15-12-9-6-3)60-69-63(66)57-54-51-48-45-42-39-36-33-29-26-23-20-17-14-11-8-5-2/h7,10,16,19,25,28,32,35,40,43,62H,4-6,8-9,11-15,17-18,20-24,26-27,29-31,33-34,36-39,41-42,44-61H2,1-3H3/b10-7-,19-16-,28-25-,35-32-,43-40-. The number of unbranched alkanes of at least 4 members (excludes halogenated alkanes) is 35. The molecule has 0 aromatic rings. The number of allylic oxidation sites excluding steroid dienone is 10. The molecule has 0 saturated carbocycles. The van der Waals surface area contributed by atoms with Crippen LogP contribution in [0.2, 0.25) is 0 Å². The number of rotatable bonds is 56. The molecule has 6 nitrogen and oxygen atoms in total. The lowest BCUT2D eigenvalue weighted by atomic mass is 10.0. The van der Waals surface area contributed by atoms with E-state index in [1.165, 1.54) is 180 Å². The van der Waals surface area contributed by atoms with E-state index < -0.39 is 6.10 Å². The fraction of sp³-hybridized carbons (Fsp3) is 0.800. The molecule has 0 heterocycles. The molecule has 412 valence electrons. The molecular weight excluding hydrogens is 877 g/mol. The molecule has 0 rings (SSSR count). The molecule has 6 heteroatoms. The van der Waals surface area contributed by atoms with E-state index >= 15 is 0 Å². The van der Waals surface area contributed by atoms with Gasteiger partial charge in [-0.15, -0.1) is 0 Å². The summed E-state index contributed by atoms with van der Waals surface area (Å²) in [4.78, 5) is 38.3. The smallest absolute Gasteiger partial charge is 0.306 e. The van der Waals surface area contributed by atoms with Crippen molar-refractivity contribution in [2.75, 3.05) is 13.2 Å². The van der Waals surface area contributed by atoms with Gasteiger partial charge in [0.05, 0.1) is 0 Å². The van der Waals surface area contributed by atoms with E-state index in [0.717, 1.165) is 96.3 Å². The van der Waals surface area contributed by atoms with Crippen LogP contribution < -0.4 is 0 Å². The second kappa shape index (κ2) is 59.7. The Balaban J connectivity index is 4.40. The lowest BCUT2D eigenvalue weighted by Crippen LogP contribution is -2.30. The second-order valence-electron chi connectivity index (χ2n) is 20.6. The van der Waals surface area contributed by atoms with E-state index in [2.05, 4.69) is 81.5 Å². The lowest BCUT2D eigenvalue weighted by molar-refractivity contribution is -0.167. The summed E-state index contributed by atoms with van der Waals surface area (Å²) in [6, 6.07) is 0. The zero-order chi connectivity index (χ0) is 51.4. The van der Waals surface area contributed by atoms with Crippen molar-refractivity contribution in [1.29, 1.82) is 0 Å². The van der Waals surface area contributed by atoms with Crippen LogP contribution in [0.25, 0.3) is 0 Å². The molecule has 1 unspecified atom stereocenters. The van der Waals surface area contributed by atoms with Crippen LogP contribution in [-0.2, 0) is 28.6 Å². The summed E-state index contributed by atoms with van der Waals surface area (Å²) in [5.74, 6) is -0.894. The van der Waals surface area contributed by atoms with Gasteiger partial charge >= 0.3 is 17.9 Å². The molecule has 0 spiro atoms. The molecule has 0 amide bonds. The van der Waals surface area contributed by atoms with Crippen LogP contribution in [0.5, 0.6) is 0 Å². The van der Waals surface area contributed by atoms with E-state index in [1.807, 2.05) is 0 Å². The Morgan fingerprint density at radius 2 is 0.549 bits per heavy atom.